The zero-order chi connectivity index (χ0) is 33.1. The van der Waals surface area contributed by atoms with Crippen molar-refractivity contribution >= 4 is 18.3 Å². The number of amides is 1. The Hall–Kier alpha value is -3.87. The molecule has 5 nitrogen and oxygen atoms in total. The van der Waals surface area contributed by atoms with Crippen molar-refractivity contribution in [3.8, 4) is 11.5 Å². The molecule has 0 bridgehead atoms. The van der Waals surface area contributed by atoms with Crippen LogP contribution in [0.25, 0.3) is 0 Å². The van der Waals surface area contributed by atoms with Crippen molar-refractivity contribution in [2.45, 2.75) is 69.7 Å². The van der Waals surface area contributed by atoms with Crippen molar-refractivity contribution in [3.63, 3.8) is 0 Å². The number of benzene rings is 4. The number of rotatable bonds is 16. The molecule has 4 aromatic carbocycles. The van der Waals surface area contributed by atoms with Crippen LogP contribution in [0.2, 0.25) is 0 Å². The molecule has 1 aliphatic heterocycles. The fraction of sp³-hybridized carbons (Fsp3) is 0.390. The number of methoxy groups -OCH3 is 2. The summed E-state index contributed by atoms with van der Waals surface area (Å²) in [6.45, 7) is 4.92. The van der Waals surface area contributed by atoms with Crippen LogP contribution in [-0.4, -0.2) is 44.7 Å². The molecule has 7 heteroatoms. The van der Waals surface area contributed by atoms with E-state index >= 15 is 0 Å². The smallest absolute Gasteiger partial charge is 0.220 e. The lowest BCUT2D eigenvalue weighted by Crippen LogP contribution is -2.37. The van der Waals surface area contributed by atoms with Gasteiger partial charge in [0.1, 0.15) is 5.82 Å². The highest BCUT2D eigenvalue weighted by Crippen LogP contribution is 2.43. The molecular weight excluding hydrogens is 623 g/mol. The van der Waals surface area contributed by atoms with Crippen LogP contribution >= 0.6 is 12.4 Å². The van der Waals surface area contributed by atoms with Gasteiger partial charge in [0.25, 0.3) is 0 Å². The van der Waals surface area contributed by atoms with E-state index in [9.17, 15) is 9.18 Å². The van der Waals surface area contributed by atoms with Crippen LogP contribution in [0.4, 0.5) is 4.39 Å². The normalized spacial score (nSPS) is 14.5. The maximum Gasteiger partial charge on any atom is 0.220 e. The Kier molecular flexibility index (Phi) is 13.9. The molecule has 4 aromatic rings. The zero-order valence-corrected chi connectivity index (χ0v) is 29.4. The Morgan fingerprint density at radius 1 is 0.875 bits per heavy atom. The number of aryl methyl sites for hydroxylation is 1. The molecule has 0 aromatic heterocycles. The SMILES string of the molecule is CCC1c2cc(OC)c(OC)cc2CCN1CCCC(CCCNC(=O)CCc1ccc(F)cc1)(c1ccccc1)c1ccccc1.Cl. The predicted octanol–water partition coefficient (Wildman–Crippen LogP) is 8.87. The topological polar surface area (TPSA) is 50.8 Å². The van der Waals surface area contributed by atoms with Crippen LogP contribution in [0, 0.1) is 5.82 Å². The molecular formula is C41H50ClFN2O3. The fourth-order valence-corrected chi connectivity index (χ4v) is 7.41. The molecule has 1 unspecified atom stereocenters. The molecule has 1 heterocycles. The average molecular weight is 673 g/mol. The number of ether oxygens (including phenoxy) is 2. The summed E-state index contributed by atoms with van der Waals surface area (Å²) in [5.74, 6) is 1.37. The van der Waals surface area contributed by atoms with Crippen molar-refractivity contribution in [3.05, 3.63) is 131 Å². The number of carbonyl (C=O) groups is 1. The van der Waals surface area contributed by atoms with Crippen molar-refractivity contribution in [1.82, 2.24) is 10.2 Å². The molecule has 256 valence electrons. The van der Waals surface area contributed by atoms with Gasteiger partial charge in [0.15, 0.2) is 11.5 Å². The van der Waals surface area contributed by atoms with E-state index in [1.165, 1.54) is 34.4 Å². The van der Waals surface area contributed by atoms with E-state index in [2.05, 4.69) is 89.9 Å². The minimum absolute atomic E-state index is 0. The largest absolute Gasteiger partial charge is 0.493 e. The molecule has 1 amide bonds. The monoisotopic (exact) mass is 672 g/mol. The fourth-order valence-electron chi connectivity index (χ4n) is 7.41. The molecule has 1 atom stereocenters. The second-order valence-electron chi connectivity index (χ2n) is 12.6. The number of nitrogens with zero attached hydrogens (tertiary/aromatic N) is 1. The van der Waals surface area contributed by atoms with Crippen molar-refractivity contribution in [2.24, 2.45) is 0 Å². The van der Waals surface area contributed by atoms with E-state index in [4.69, 9.17) is 9.47 Å². The minimum Gasteiger partial charge on any atom is -0.493 e. The summed E-state index contributed by atoms with van der Waals surface area (Å²) < 4.78 is 24.5. The first-order chi connectivity index (χ1) is 23.0. The Labute approximate surface area is 292 Å². The number of fused-ring (bicyclic) bond motifs is 1. The van der Waals surface area contributed by atoms with Gasteiger partial charge in [-0.25, -0.2) is 4.39 Å². The summed E-state index contributed by atoms with van der Waals surface area (Å²) in [7, 11) is 3.41. The van der Waals surface area contributed by atoms with Gasteiger partial charge in [0, 0.05) is 31.0 Å². The second-order valence-corrected chi connectivity index (χ2v) is 12.6. The summed E-state index contributed by atoms with van der Waals surface area (Å²) in [4.78, 5) is 15.4. The molecule has 0 spiro atoms. The third-order valence-electron chi connectivity index (χ3n) is 9.86. The van der Waals surface area contributed by atoms with E-state index < -0.39 is 0 Å². The van der Waals surface area contributed by atoms with E-state index in [0.717, 1.165) is 68.7 Å². The molecule has 0 saturated carbocycles. The molecule has 0 aliphatic carbocycles. The second kappa shape index (κ2) is 18.0. The Morgan fingerprint density at radius 3 is 2.08 bits per heavy atom. The third-order valence-corrected chi connectivity index (χ3v) is 9.86. The van der Waals surface area contributed by atoms with E-state index in [-0.39, 0.29) is 29.5 Å². The van der Waals surface area contributed by atoms with Gasteiger partial charge in [-0.05, 0) is 104 Å². The van der Waals surface area contributed by atoms with Crippen molar-refractivity contribution in [1.29, 1.82) is 0 Å². The van der Waals surface area contributed by atoms with Gasteiger partial charge < -0.3 is 14.8 Å². The summed E-state index contributed by atoms with van der Waals surface area (Å²) >= 11 is 0. The van der Waals surface area contributed by atoms with Crippen LogP contribution in [0.5, 0.6) is 11.5 Å². The molecule has 48 heavy (non-hydrogen) atoms. The minimum atomic E-state index is -0.258. The van der Waals surface area contributed by atoms with Crippen LogP contribution in [-0.2, 0) is 23.1 Å². The molecule has 1 aliphatic rings. The highest BCUT2D eigenvalue weighted by Gasteiger charge is 2.34. The van der Waals surface area contributed by atoms with Crippen LogP contribution in [0.15, 0.2) is 97.1 Å². The molecule has 0 saturated heterocycles. The van der Waals surface area contributed by atoms with Crippen molar-refractivity contribution in [2.75, 3.05) is 33.9 Å². The number of nitrogens with one attached hydrogen (secondary N) is 1. The number of hydrogen-bond donors (Lipinski definition) is 1. The quantitative estimate of drug-likeness (QED) is 0.121. The first-order valence-corrected chi connectivity index (χ1v) is 17.1. The molecule has 0 radical (unpaired) electrons. The predicted molar refractivity (Wildman–Crippen MR) is 195 cm³/mol. The first kappa shape index (κ1) is 37.0. The zero-order valence-electron chi connectivity index (χ0n) is 28.6. The van der Waals surface area contributed by atoms with Gasteiger partial charge in [-0.1, -0.05) is 79.7 Å². The van der Waals surface area contributed by atoms with Gasteiger partial charge >= 0.3 is 0 Å². The summed E-state index contributed by atoms with van der Waals surface area (Å²) in [6, 6.07) is 32.8. The summed E-state index contributed by atoms with van der Waals surface area (Å²) in [5.41, 5.74) is 6.14. The Balaban J connectivity index is 0.00000520. The first-order valence-electron chi connectivity index (χ1n) is 17.1. The highest BCUT2D eigenvalue weighted by molar-refractivity contribution is 5.85. The lowest BCUT2D eigenvalue weighted by Gasteiger charge is -2.39. The molecule has 0 fully saturated rings. The van der Waals surface area contributed by atoms with E-state index in [1.54, 1.807) is 26.4 Å². The lowest BCUT2D eigenvalue weighted by molar-refractivity contribution is -0.121. The maximum atomic E-state index is 13.3. The van der Waals surface area contributed by atoms with Gasteiger partial charge in [-0.15, -0.1) is 12.4 Å². The summed E-state index contributed by atoms with van der Waals surface area (Å²) in [5, 5.41) is 3.15. The molecule has 5 rings (SSSR count). The van der Waals surface area contributed by atoms with Gasteiger partial charge in [0.2, 0.25) is 5.91 Å². The Bertz CT molecular complexity index is 1530. The average Bonchev–Trinajstić information content (AvgIpc) is 3.12. The molecule has 1 N–H and O–H groups in total. The number of carbonyl (C=O) groups excluding carboxylic acids is 1. The maximum absolute atomic E-state index is 13.3. The van der Waals surface area contributed by atoms with Crippen LogP contribution < -0.4 is 14.8 Å². The van der Waals surface area contributed by atoms with Crippen LogP contribution in [0.3, 0.4) is 0 Å². The van der Waals surface area contributed by atoms with Crippen LogP contribution in [0.1, 0.15) is 79.3 Å². The van der Waals surface area contributed by atoms with Gasteiger partial charge in [0.05, 0.1) is 14.2 Å². The third kappa shape index (κ3) is 8.97. The van der Waals surface area contributed by atoms with Gasteiger partial charge in [-0.2, -0.15) is 0 Å². The standard InChI is InChI=1S/C41H49FN2O3.ClH/c1-4-37-36-30-39(47-3)38(46-2)29-32(36)23-28-44(37)27-12-25-41(33-13-7-5-8-14-33,34-15-9-6-10-16-34)24-11-26-43-40(45)22-19-31-17-20-35(42)21-18-31;/h5-10,13-18,20-21,29-30,37H,4,11-12,19,22-28H2,1-3H3,(H,43,45);1H. The Morgan fingerprint density at radius 2 is 1.48 bits per heavy atom. The van der Waals surface area contributed by atoms with E-state index in [1.807, 2.05) is 0 Å². The summed E-state index contributed by atoms with van der Waals surface area (Å²) in [6.07, 6.45) is 6.87. The van der Waals surface area contributed by atoms with E-state index in [0.29, 0.717) is 25.4 Å². The van der Waals surface area contributed by atoms with Crippen molar-refractivity contribution < 1.29 is 18.7 Å². The van der Waals surface area contributed by atoms with Gasteiger partial charge in [-0.3, -0.25) is 9.69 Å². The number of halogens is 2. The number of hydrogen-bond acceptors (Lipinski definition) is 4. The lowest BCUT2D eigenvalue weighted by atomic mass is 9.68. The highest BCUT2D eigenvalue weighted by atomic mass is 35.5.